The number of hydrogen-bond acceptors (Lipinski definition) is 2. The van der Waals surface area contributed by atoms with Crippen LogP contribution in [0.1, 0.15) is 12.5 Å². The Bertz CT molecular complexity index is 354. The molecule has 0 aliphatic heterocycles. The predicted octanol–water partition coefficient (Wildman–Crippen LogP) is 3.06. The van der Waals surface area contributed by atoms with Crippen molar-refractivity contribution >= 4 is 21.6 Å². The van der Waals surface area contributed by atoms with Crippen LogP contribution >= 0.6 is 15.9 Å². The highest BCUT2D eigenvalue weighted by Gasteiger charge is 2.17. The van der Waals surface area contributed by atoms with Gasteiger partial charge < -0.3 is 0 Å². The largest absolute Gasteiger partial charge is 0.286 e. The first-order chi connectivity index (χ1) is 6.07. The lowest BCUT2D eigenvalue weighted by Gasteiger charge is -2.01. The number of halogens is 2. The van der Waals surface area contributed by atoms with Crippen molar-refractivity contribution in [1.82, 2.24) is 0 Å². The molecule has 0 amide bonds. The van der Waals surface area contributed by atoms with Crippen LogP contribution in [-0.2, 0) is 6.42 Å². The first-order valence-electron chi connectivity index (χ1n) is 3.69. The quantitative estimate of drug-likeness (QED) is 0.596. The van der Waals surface area contributed by atoms with Gasteiger partial charge in [-0.15, -0.1) is 0 Å². The molecule has 0 saturated carbocycles. The van der Waals surface area contributed by atoms with Gasteiger partial charge in [-0.2, -0.15) is 0 Å². The number of aryl methyl sites for hydroxylation is 1. The van der Waals surface area contributed by atoms with Gasteiger partial charge in [0.15, 0.2) is 0 Å². The van der Waals surface area contributed by atoms with Crippen LogP contribution in [0, 0.1) is 15.9 Å². The smallest absolute Gasteiger partial charge is 0.258 e. The van der Waals surface area contributed by atoms with E-state index in [0.717, 1.165) is 0 Å². The van der Waals surface area contributed by atoms with Crippen LogP contribution in [0.2, 0.25) is 0 Å². The molecule has 0 fully saturated rings. The average molecular weight is 248 g/mol. The third-order valence-electron chi connectivity index (χ3n) is 1.72. The molecule has 5 heteroatoms. The number of nitro benzene ring substituents is 1. The van der Waals surface area contributed by atoms with E-state index in [-0.39, 0.29) is 10.2 Å². The molecule has 70 valence electrons. The minimum atomic E-state index is -0.618. The summed E-state index contributed by atoms with van der Waals surface area (Å²) >= 11 is 2.86. The van der Waals surface area contributed by atoms with E-state index in [1.807, 2.05) is 0 Å². The molecule has 0 unspecified atom stereocenters. The maximum Gasteiger partial charge on any atom is 0.286 e. The van der Waals surface area contributed by atoms with E-state index in [1.54, 1.807) is 6.92 Å². The molecule has 0 spiro atoms. The highest BCUT2D eigenvalue weighted by Crippen LogP contribution is 2.29. The summed E-state index contributed by atoms with van der Waals surface area (Å²) in [5.41, 5.74) is 0.229. The van der Waals surface area contributed by atoms with E-state index >= 15 is 0 Å². The van der Waals surface area contributed by atoms with Gasteiger partial charge in [0.25, 0.3) is 5.69 Å². The molecule has 0 aliphatic carbocycles. The normalized spacial score (nSPS) is 10.1. The summed E-state index contributed by atoms with van der Waals surface area (Å²) in [6, 6.07) is 2.73. The van der Waals surface area contributed by atoms with E-state index in [1.165, 1.54) is 12.1 Å². The van der Waals surface area contributed by atoms with Crippen molar-refractivity contribution in [2.75, 3.05) is 0 Å². The summed E-state index contributed by atoms with van der Waals surface area (Å²) in [6.07, 6.45) is 0.516. The minimum Gasteiger partial charge on any atom is -0.258 e. The fraction of sp³-hybridized carbons (Fsp3) is 0.250. The second-order valence-electron chi connectivity index (χ2n) is 2.48. The Morgan fingerprint density at radius 1 is 1.62 bits per heavy atom. The topological polar surface area (TPSA) is 43.1 Å². The van der Waals surface area contributed by atoms with Crippen LogP contribution in [0.3, 0.4) is 0 Å². The van der Waals surface area contributed by atoms with Crippen molar-refractivity contribution in [3.05, 3.63) is 38.1 Å². The van der Waals surface area contributed by atoms with Crippen molar-refractivity contribution in [2.24, 2.45) is 0 Å². The summed E-state index contributed by atoms with van der Waals surface area (Å²) in [5, 5.41) is 10.4. The SMILES string of the molecule is CCc1ccc([N+](=O)[O-])c(Br)c1F. The number of hydrogen-bond donors (Lipinski definition) is 0. The molecule has 1 rings (SSSR count). The van der Waals surface area contributed by atoms with Crippen LogP contribution < -0.4 is 0 Å². The van der Waals surface area contributed by atoms with Gasteiger partial charge in [-0.3, -0.25) is 10.1 Å². The molecular weight excluding hydrogens is 241 g/mol. The molecule has 0 radical (unpaired) electrons. The van der Waals surface area contributed by atoms with Gasteiger partial charge in [0.05, 0.1) is 4.92 Å². The Balaban J connectivity index is 3.31. The highest BCUT2D eigenvalue weighted by atomic mass is 79.9. The maximum atomic E-state index is 13.3. The Morgan fingerprint density at radius 2 is 2.23 bits per heavy atom. The molecule has 0 aliphatic rings. The zero-order valence-corrected chi connectivity index (χ0v) is 8.47. The number of benzene rings is 1. The van der Waals surface area contributed by atoms with Crippen molar-refractivity contribution < 1.29 is 9.31 Å². The number of nitrogens with zero attached hydrogens (tertiary/aromatic N) is 1. The van der Waals surface area contributed by atoms with Crippen LogP contribution in [0.5, 0.6) is 0 Å². The summed E-state index contributed by atoms with van der Waals surface area (Å²) in [4.78, 5) is 9.76. The van der Waals surface area contributed by atoms with Gasteiger partial charge in [-0.25, -0.2) is 4.39 Å². The molecule has 13 heavy (non-hydrogen) atoms. The second-order valence-corrected chi connectivity index (χ2v) is 3.28. The highest BCUT2D eigenvalue weighted by molar-refractivity contribution is 9.10. The summed E-state index contributed by atoms with van der Waals surface area (Å²) in [5.74, 6) is -0.545. The first kappa shape index (κ1) is 10.1. The number of nitro groups is 1. The zero-order chi connectivity index (χ0) is 10.0. The molecule has 1 aromatic rings. The van der Waals surface area contributed by atoms with Crippen molar-refractivity contribution in [1.29, 1.82) is 0 Å². The van der Waals surface area contributed by atoms with Gasteiger partial charge in [0, 0.05) is 6.07 Å². The Morgan fingerprint density at radius 3 is 2.69 bits per heavy atom. The summed E-state index contributed by atoms with van der Waals surface area (Å²) < 4.78 is 13.2. The first-order valence-corrected chi connectivity index (χ1v) is 4.48. The van der Waals surface area contributed by atoms with Crippen LogP contribution in [0.15, 0.2) is 16.6 Å². The van der Waals surface area contributed by atoms with Gasteiger partial charge in [0.1, 0.15) is 10.3 Å². The van der Waals surface area contributed by atoms with Gasteiger partial charge in [0.2, 0.25) is 0 Å². The third-order valence-corrected chi connectivity index (χ3v) is 2.47. The van der Waals surface area contributed by atoms with Crippen molar-refractivity contribution in [2.45, 2.75) is 13.3 Å². The van der Waals surface area contributed by atoms with E-state index < -0.39 is 10.7 Å². The van der Waals surface area contributed by atoms with E-state index in [2.05, 4.69) is 15.9 Å². The molecule has 0 heterocycles. The third kappa shape index (κ3) is 1.85. The van der Waals surface area contributed by atoms with Crippen LogP contribution in [0.25, 0.3) is 0 Å². The Labute approximate surface area is 82.8 Å². The lowest BCUT2D eigenvalue weighted by atomic mass is 10.1. The fourth-order valence-corrected chi connectivity index (χ4v) is 1.52. The summed E-state index contributed by atoms with van der Waals surface area (Å²) in [6.45, 7) is 1.79. The standard InChI is InChI=1S/C8H7BrFNO2/c1-2-5-3-4-6(11(12)13)7(9)8(5)10/h3-4H,2H2,1H3. The van der Waals surface area contributed by atoms with E-state index in [4.69, 9.17) is 0 Å². The molecule has 0 bridgehead atoms. The van der Waals surface area contributed by atoms with E-state index in [0.29, 0.717) is 12.0 Å². The molecular formula is C8H7BrFNO2. The Hall–Kier alpha value is -0.970. The molecule has 0 atom stereocenters. The van der Waals surface area contributed by atoms with Crippen molar-refractivity contribution in [3.8, 4) is 0 Å². The molecule has 0 aromatic heterocycles. The van der Waals surface area contributed by atoms with E-state index in [9.17, 15) is 14.5 Å². The van der Waals surface area contributed by atoms with Crippen LogP contribution in [-0.4, -0.2) is 4.92 Å². The molecule has 3 nitrogen and oxygen atoms in total. The lowest BCUT2D eigenvalue weighted by molar-refractivity contribution is -0.385. The number of rotatable bonds is 2. The van der Waals surface area contributed by atoms with Gasteiger partial charge in [-0.05, 0) is 34.0 Å². The zero-order valence-electron chi connectivity index (χ0n) is 6.88. The predicted molar refractivity (Wildman–Crippen MR) is 50.1 cm³/mol. The minimum absolute atomic E-state index is 0.0724. The average Bonchev–Trinajstić information content (AvgIpc) is 2.09. The maximum absolute atomic E-state index is 13.3. The Kier molecular flexibility index (Phi) is 2.98. The second kappa shape index (κ2) is 3.83. The fourth-order valence-electron chi connectivity index (χ4n) is 0.993. The van der Waals surface area contributed by atoms with Gasteiger partial charge in [-0.1, -0.05) is 6.92 Å². The van der Waals surface area contributed by atoms with Crippen LogP contribution in [0.4, 0.5) is 10.1 Å². The molecule has 0 saturated heterocycles. The van der Waals surface area contributed by atoms with Gasteiger partial charge >= 0.3 is 0 Å². The molecule has 1 aromatic carbocycles. The lowest BCUT2D eigenvalue weighted by Crippen LogP contribution is -1.95. The summed E-state index contributed by atoms with van der Waals surface area (Å²) in [7, 11) is 0. The monoisotopic (exact) mass is 247 g/mol. The molecule has 0 N–H and O–H groups in total. The van der Waals surface area contributed by atoms with Crippen molar-refractivity contribution in [3.63, 3.8) is 0 Å².